The molecule has 1 saturated heterocycles. The van der Waals surface area contributed by atoms with Crippen molar-refractivity contribution in [3.8, 4) is 5.75 Å². The van der Waals surface area contributed by atoms with Crippen LogP contribution in [0, 0.1) is 23.7 Å². The van der Waals surface area contributed by atoms with Gasteiger partial charge in [0.2, 0.25) is 11.8 Å². The first-order chi connectivity index (χ1) is 11.0. The SMILES string of the molecule is COc1cccc(N2C(=O)[C@@H]3[C@@H](C2=O)[C@H]2C=C[C@H]3C2=C(C)C)c1. The molecular weight excluding hydrogens is 290 g/mol. The lowest BCUT2D eigenvalue weighted by atomic mass is 9.85. The highest BCUT2D eigenvalue weighted by atomic mass is 16.5. The molecule has 0 unspecified atom stereocenters. The molecule has 0 N–H and O–H groups in total. The van der Waals surface area contributed by atoms with Crippen molar-refractivity contribution in [2.75, 3.05) is 12.0 Å². The Bertz CT molecular complexity index is 739. The number of hydrogen-bond donors (Lipinski definition) is 0. The molecule has 0 radical (unpaired) electrons. The summed E-state index contributed by atoms with van der Waals surface area (Å²) in [5.74, 6) is 0.172. The van der Waals surface area contributed by atoms with E-state index in [1.165, 1.54) is 16.0 Å². The topological polar surface area (TPSA) is 46.6 Å². The number of imide groups is 1. The van der Waals surface area contributed by atoms with Crippen LogP contribution in [-0.2, 0) is 9.59 Å². The molecule has 0 aromatic heterocycles. The zero-order chi connectivity index (χ0) is 16.3. The molecule has 1 aliphatic heterocycles. The van der Waals surface area contributed by atoms with Gasteiger partial charge in [-0.15, -0.1) is 0 Å². The predicted molar refractivity (Wildman–Crippen MR) is 87.0 cm³/mol. The van der Waals surface area contributed by atoms with Crippen LogP contribution in [0.5, 0.6) is 5.75 Å². The van der Waals surface area contributed by atoms with E-state index < -0.39 is 0 Å². The Morgan fingerprint density at radius 1 is 1.04 bits per heavy atom. The zero-order valence-corrected chi connectivity index (χ0v) is 13.4. The summed E-state index contributed by atoms with van der Waals surface area (Å²) in [7, 11) is 1.58. The fourth-order valence-electron chi connectivity index (χ4n) is 4.43. The maximum absolute atomic E-state index is 13.0. The molecular formula is C19H19NO3. The second kappa shape index (κ2) is 4.82. The Hall–Kier alpha value is -2.36. The van der Waals surface area contributed by atoms with E-state index in [4.69, 9.17) is 4.74 Å². The Morgan fingerprint density at radius 3 is 2.17 bits per heavy atom. The van der Waals surface area contributed by atoms with Crippen molar-refractivity contribution in [2.24, 2.45) is 23.7 Å². The minimum atomic E-state index is -0.242. The van der Waals surface area contributed by atoms with Crippen molar-refractivity contribution in [3.05, 3.63) is 47.6 Å². The van der Waals surface area contributed by atoms with Gasteiger partial charge in [-0.25, -0.2) is 4.90 Å². The number of benzene rings is 1. The second-order valence-corrected chi connectivity index (χ2v) is 6.66. The highest BCUT2D eigenvalue weighted by molar-refractivity contribution is 6.23. The van der Waals surface area contributed by atoms with Crippen molar-refractivity contribution in [3.63, 3.8) is 0 Å². The highest BCUT2D eigenvalue weighted by Crippen LogP contribution is 2.57. The molecule has 2 amide bonds. The fraction of sp³-hybridized carbons (Fsp3) is 0.368. The average Bonchev–Trinajstić information content (AvgIpc) is 3.17. The van der Waals surface area contributed by atoms with Crippen LogP contribution in [0.1, 0.15) is 13.8 Å². The van der Waals surface area contributed by atoms with E-state index in [0.29, 0.717) is 11.4 Å². The lowest BCUT2D eigenvalue weighted by molar-refractivity contribution is -0.122. The number of ether oxygens (including phenoxy) is 1. The monoisotopic (exact) mass is 309 g/mol. The molecule has 2 aliphatic carbocycles. The molecule has 2 fully saturated rings. The number of hydrogen-bond acceptors (Lipinski definition) is 3. The molecule has 3 aliphatic rings. The van der Waals surface area contributed by atoms with Crippen LogP contribution < -0.4 is 9.64 Å². The number of methoxy groups -OCH3 is 1. The lowest BCUT2D eigenvalue weighted by Crippen LogP contribution is -2.33. The molecule has 118 valence electrons. The summed E-state index contributed by atoms with van der Waals surface area (Å²) < 4.78 is 5.21. The van der Waals surface area contributed by atoms with Gasteiger partial charge in [-0.05, 0) is 26.0 Å². The number of carbonyl (C=O) groups excluding carboxylic acids is 2. The van der Waals surface area contributed by atoms with Gasteiger partial charge in [0.05, 0.1) is 24.6 Å². The summed E-state index contributed by atoms with van der Waals surface area (Å²) in [6.45, 7) is 4.14. The van der Waals surface area contributed by atoms with Gasteiger partial charge in [0.1, 0.15) is 5.75 Å². The van der Waals surface area contributed by atoms with Gasteiger partial charge in [0.15, 0.2) is 0 Å². The number of nitrogens with zero attached hydrogens (tertiary/aromatic N) is 1. The first-order valence-corrected chi connectivity index (χ1v) is 7.92. The van der Waals surface area contributed by atoms with Crippen LogP contribution >= 0.6 is 0 Å². The fourth-order valence-corrected chi connectivity index (χ4v) is 4.43. The molecule has 1 aromatic rings. The van der Waals surface area contributed by atoms with Crippen LogP contribution in [0.2, 0.25) is 0 Å². The number of allylic oxidation sites excluding steroid dienone is 4. The maximum Gasteiger partial charge on any atom is 0.238 e. The first kappa shape index (κ1) is 14.2. The minimum Gasteiger partial charge on any atom is -0.497 e. The number of rotatable bonds is 2. The molecule has 4 atom stereocenters. The molecule has 23 heavy (non-hydrogen) atoms. The quantitative estimate of drug-likeness (QED) is 0.623. The normalized spacial score (nSPS) is 31.1. The predicted octanol–water partition coefficient (Wildman–Crippen LogP) is 2.95. The van der Waals surface area contributed by atoms with Gasteiger partial charge in [-0.2, -0.15) is 0 Å². The number of amides is 2. The van der Waals surface area contributed by atoms with Crippen LogP contribution in [0.25, 0.3) is 0 Å². The first-order valence-electron chi connectivity index (χ1n) is 7.92. The summed E-state index contributed by atoms with van der Waals surface area (Å²) in [5.41, 5.74) is 3.10. The summed E-state index contributed by atoms with van der Waals surface area (Å²) >= 11 is 0. The molecule has 2 bridgehead atoms. The second-order valence-electron chi connectivity index (χ2n) is 6.66. The highest BCUT2D eigenvalue weighted by Gasteiger charge is 2.61. The van der Waals surface area contributed by atoms with Crippen molar-refractivity contribution in [2.45, 2.75) is 13.8 Å². The molecule has 4 rings (SSSR count). The summed E-state index contributed by atoms with van der Waals surface area (Å²) in [5, 5.41) is 0. The molecule has 4 heteroatoms. The van der Waals surface area contributed by atoms with E-state index in [9.17, 15) is 9.59 Å². The molecule has 4 nitrogen and oxygen atoms in total. The van der Waals surface area contributed by atoms with E-state index in [2.05, 4.69) is 26.0 Å². The van der Waals surface area contributed by atoms with Gasteiger partial charge in [0.25, 0.3) is 0 Å². The summed E-state index contributed by atoms with van der Waals surface area (Å²) in [6, 6.07) is 7.14. The van der Waals surface area contributed by atoms with Gasteiger partial charge >= 0.3 is 0 Å². The van der Waals surface area contributed by atoms with Crippen LogP contribution in [-0.4, -0.2) is 18.9 Å². The Kier molecular flexibility index (Phi) is 2.98. The minimum absolute atomic E-state index is 0.0798. The molecule has 1 saturated carbocycles. The Balaban J connectivity index is 1.75. The largest absolute Gasteiger partial charge is 0.497 e. The van der Waals surface area contributed by atoms with E-state index >= 15 is 0 Å². The smallest absolute Gasteiger partial charge is 0.238 e. The van der Waals surface area contributed by atoms with Crippen molar-refractivity contribution in [1.29, 1.82) is 0 Å². The van der Waals surface area contributed by atoms with E-state index in [1.807, 2.05) is 6.07 Å². The van der Waals surface area contributed by atoms with Crippen LogP contribution in [0.3, 0.4) is 0 Å². The summed E-state index contributed by atoms with van der Waals surface area (Å²) in [6.07, 6.45) is 4.21. The molecule has 1 heterocycles. The van der Waals surface area contributed by atoms with Crippen molar-refractivity contribution >= 4 is 17.5 Å². The number of anilines is 1. The third kappa shape index (κ3) is 1.78. The third-order valence-electron chi connectivity index (χ3n) is 5.30. The molecule has 1 aromatic carbocycles. The van der Waals surface area contributed by atoms with E-state index in [0.717, 1.165) is 0 Å². The average molecular weight is 309 g/mol. The van der Waals surface area contributed by atoms with Gasteiger partial charge in [-0.3, -0.25) is 9.59 Å². The van der Waals surface area contributed by atoms with Gasteiger partial charge in [-0.1, -0.05) is 29.4 Å². The Morgan fingerprint density at radius 2 is 1.65 bits per heavy atom. The molecule has 0 spiro atoms. The van der Waals surface area contributed by atoms with Gasteiger partial charge in [0, 0.05) is 17.9 Å². The van der Waals surface area contributed by atoms with E-state index in [-0.39, 0.29) is 35.5 Å². The van der Waals surface area contributed by atoms with E-state index in [1.54, 1.807) is 25.3 Å². The number of fused-ring (bicyclic) bond motifs is 5. The van der Waals surface area contributed by atoms with Gasteiger partial charge < -0.3 is 4.74 Å². The zero-order valence-electron chi connectivity index (χ0n) is 13.4. The number of carbonyl (C=O) groups is 2. The van der Waals surface area contributed by atoms with Crippen LogP contribution in [0.15, 0.2) is 47.6 Å². The lowest BCUT2D eigenvalue weighted by Gasteiger charge is -2.19. The summed E-state index contributed by atoms with van der Waals surface area (Å²) in [4.78, 5) is 27.3. The van der Waals surface area contributed by atoms with Crippen molar-refractivity contribution in [1.82, 2.24) is 0 Å². The maximum atomic E-state index is 13.0. The van der Waals surface area contributed by atoms with Crippen LogP contribution in [0.4, 0.5) is 5.69 Å². The standard InChI is InChI=1S/C19H19NO3/c1-10(2)15-13-7-8-14(15)17-16(13)18(21)20(19(17)22)11-5-4-6-12(9-11)23-3/h4-9,13-14,16-17H,1-3H3/t13-,14-,16-,17-/m0/s1. The Labute approximate surface area is 135 Å². The third-order valence-corrected chi connectivity index (χ3v) is 5.30. The van der Waals surface area contributed by atoms with Crippen molar-refractivity contribution < 1.29 is 14.3 Å².